The van der Waals surface area contributed by atoms with Crippen molar-refractivity contribution in [1.82, 2.24) is 24.1 Å². The van der Waals surface area contributed by atoms with E-state index in [2.05, 4.69) is 179 Å². The Morgan fingerprint density at radius 1 is 0.507 bits per heavy atom. The molecule has 0 unspecified atom stereocenters. The third-order valence-corrected chi connectivity index (χ3v) is 14.4. The molecule has 5 aromatic heterocycles. The van der Waals surface area contributed by atoms with Gasteiger partial charge in [0.25, 0.3) is 0 Å². The lowest BCUT2D eigenvalue weighted by Gasteiger charge is -2.18. The summed E-state index contributed by atoms with van der Waals surface area (Å²) in [6, 6.07) is 59.4. The molecule has 8 aromatic carbocycles. The monoisotopic (exact) mass is 909 g/mol. The predicted molar refractivity (Wildman–Crippen MR) is 289 cm³/mol. The summed E-state index contributed by atoms with van der Waals surface area (Å²) in [5, 5.41) is 7.48. The molecule has 2 aliphatic carbocycles. The molecule has 7 heteroatoms. The summed E-state index contributed by atoms with van der Waals surface area (Å²) in [7, 11) is 0. The molecule has 15 rings (SSSR count). The minimum Gasteiger partial charge on any atom is -0.456 e. The zero-order valence-electron chi connectivity index (χ0n) is 38.2. The van der Waals surface area contributed by atoms with Gasteiger partial charge < -0.3 is 18.0 Å². The Kier molecular flexibility index (Phi) is 8.62. The lowest BCUT2D eigenvalue weighted by molar-refractivity contribution is 0.668. The summed E-state index contributed by atoms with van der Waals surface area (Å²) in [5.41, 5.74) is 15.8. The van der Waals surface area contributed by atoms with Crippen LogP contribution in [0.4, 0.5) is 0 Å². The first-order valence-corrected chi connectivity index (χ1v) is 24.1. The highest BCUT2D eigenvalue weighted by Gasteiger charge is 2.28. The van der Waals surface area contributed by atoms with Crippen molar-refractivity contribution in [3.63, 3.8) is 0 Å². The summed E-state index contributed by atoms with van der Waals surface area (Å²) >= 11 is 0. The smallest absolute Gasteiger partial charge is 0.167 e. The third kappa shape index (κ3) is 6.01. The summed E-state index contributed by atoms with van der Waals surface area (Å²) in [4.78, 5) is 16.5. The second kappa shape index (κ2) is 15.5. The van der Waals surface area contributed by atoms with Gasteiger partial charge in [-0.3, -0.25) is 0 Å². The maximum Gasteiger partial charge on any atom is 0.167 e. The van der Waals surface area contributed by atoms with E-state index in [9.17, 15) is 0 Å². The summed E-state index contributed by atoms with van der Waals surface area (Å²) in [6.07, 6.45) is 13.2. The number of rotatable bonds is 6. The van der Waals surface area contributed by atoms with Crippen LogP contribution in [0.15, 0.2) is 203 Å². The fourth-order valence-corrected chi connectivity index (χ4v) is 11.3. The van der Waals surface area contributed by atoms with Crippen LogP contribution in [0.2, 0.25) is 0 Å². The third-order valence-electron chi connectivity index (χ3n) is 14.4. The Bertz CT molecular complexity index is 4560. The molecule has 5 heterocycles. The van der Waals surface area contributed by atoms with Crippen LogP contribution < -0.4 is 0 Å². The largest absolute Gasteiger partial charge is 0.456 e. The van der Waals surface area contributed by atoms with Crippen molar-refractivity contribution in [2.75, 3.05) is 0 Å². The first-order valence-electron chi connectivity index (χ1n) is 24.1. The van der Waals surface area contributed by atoms with Gasteiger partial charge in [0.05, 0.1) is 34.2 Å². The average Bonchev–Trinajstić information content (AvgIpc) is 4.13. The van der Waals surface area contributed by atoms with Crippen LogP contribution in [0.5, 0.6) is 0 Å². The lowest BCUT2D eigenvalue weighted by atomic mass is 10.0. The van der Waals surface area contributed by atoms with Gasteiger partial charge >= 0.3 is 0 Å². The van der Waals surface area contributed by atoms with Crippen molar-refractivity contribution in [3.8, 4) is 62.8 Å². The van der Waals surface area contributed by atoms with E-state index in [1.165, 1.54) is 22.0 Å². The van der Waals surface area contributed by atoms with Gasteiger partial charge in [-0.15, -0.1) is 0 Å². The van der Waals surface area contributed by atoms with Gasteiger partial charge in [-0.25, -0.2) is 15.0 Å². The molecule has 332 valence electrons. The molecule has 2 aliphatic rings. The maximum atomic E-state index is 6.69. The SMILES string of the molecule is C1#CCC(n2c3ccccc3c3cccc(-n4c5c(c6cccc(-c7nc(-c8cccc9c8oc8ccccc89)nc(-c8cccc9oc%10ccc(-c%11ccccc%11)cc%10c89)n7)c64)C=CCC5)c32)=CC=C1. The van der Waals surface area contributed by atoms with E-state index >= 15 is 0 Å². The maximum absolute atomic E-state index is 6.69. The number of fused-ring (bicyclic) bond motifs is 12. The molecule has 0 aliphatic heterocycles. The van der Waals surface area contributed by atoms with Gasteiger partial charge in [0.1, 0.15) is 22.3 Å². The highest BCUT2D eigenvalue weighted by molar-refractivity contribution is 6.15. The highest BCUT2D eigenvalue weighted by Crippen LogP contribution is 2.45. The number of hydrogen-bond donors (Lipinski definition) is 0. The van der Waals surface area contributed by atoms with E-state index in [0.717, 1.165) is 118 Å². The van der Waals surface area contributed by atoms with Gasteiger partial charge in [0.2, 0.25) is 0 Å². The molecular weight excluding hydrogens is 871 g/mol. The van der Waals surface area contributed by atoms with E-state index in [0.29, 0.717) is 23.9 Å². The number of benzene rings is 8. The van der Waals surface area contributed by atoms with Crippen molar-refractivity contribution < 1.29 is 8.83 Å². The fourth-order valence-electron chi connectivity index (χ4n) is 11.3. The topological polar surface area (TPSA) is 74.8 Å². The molecule has 0 atom stereocenters. The van der Waals surface area contributed by atoms with E-state index in [4.69, 9.17) is 23.8 Å². The van der Waals surface area contributed by atoms with Crippen LogP contribution in [0.1, 0.15) is 24.1 Å². The zero-order chi connectivity index (χ0) is 46.6. The van der Waals surface area contributed by atoms with Crippen molar-refractivity contribution in [2.24, 2.45) is 0 Å². The number of furan rings is 2. The number of allylic oxidation sites excluding steroid dienone is 5. The molecule has 0 radical (unpaired) electrons. The Hall–Kier alpha value is -9.51. The van der Waals surface area contributed by atoms with Crippen molar-refractivity contribution >= 4 is 88.4 Å². The van der Waals surface area contributed by atoms with Gasteiger partial charge in [-0.05, 0) is 84.7 Å². The lowest BCUT2D eigenvalue weighted by Crippen LogP contribution is -2.07. The summed E-state index contributed by atoms with van der Waals surface area (Å²) in [5.74, 6) is 8.20. The number of aromatic nitrogens is 5. The normalized spacial score (nSPS) is 13.4. The van der Waals surface area contributed by atoms with Gasteiger partial charge in [0, 0.05) is 65.8 Å². The minimum atomic E-state index is 0.515. The molecule has 0 bridgehead atoms. The van der Waals surface area contributed by atoms with Gasteiger partial charge in [0.15, 0.2) is 17.5 Å². The number of hydrogen-bond acceptors (Lipinski definition) is 5. The molecule has 0 saturated heterocycles. The molecule has 0 spiro atoms. The summed E-state index contributed by atoms with van der Waals surface area (Å²) < 4.78 is 18.2. The van der Waals surface area contributed by atoms with Crippen LogP contribution in [0, 0.1) is 11.8 Å². The van der Waals surface area contributed by atoms with Crippen LogP contribution >= 0.6 is 0 Å². The average molecular weight is 910 g/mol. The molecule has 0 N–H and O–H groups in total. The first kappa shape index (κ1) is 39.5. The first-order chi connectivity index (χ1) is 35.2. The van der Waals surface area contributed by atoms with E-state index in [-0.39, 0.29) is 0 Å². The Morgan fingerprint density at radius 2 is 1.21 bits per heavy atom. The Labute approximate surface area is 407 Å². The predicted octanol–water partition coefficient (Wildman–Crippen LogP) is 16.2. The van der Waals surface area contributed by atoms with E-state index < -0.39 is 0 Å². The standard InChI is InChI=1S/C64H39N5O2/c1-2-7-21-41(20-6-1)68-52-31-11-8-23-43(52)46-26-16-33-54(60(46)68)69-53-32-12-9-22-42(53)45-25-14-29-49(59(45)69)63-65-62(66-64(67-63)50-30-15-27-47-44-24-10-13-34-55(44)71-61(47)50)48-28-17-35-57-58(48)51-38-40(36-37-56(51)70-57)39-18-4-3-5-19-39/h1,3-6,8-11,13-20,22-31,33-38H,12,21,32H2. The van der Waals surface area contributed by atoms with Crippen molar-refractivity contribution in [3.05, 3.63) is 205 Å². The van der Waals surface area contributed by atoms with E-state index in [1.807, 2.05) is 42.5 Å². The Morgan fingerprint density at radius 3 is 2.13 bits per heavy atom. The molecular formula is C64H39N5O2. The van der Waals surface area contributed by atoms with Crippen LogP contribution in [0.25, 0.3) is 139 Å². The zero-order valence-corrected chi connectivity index (χ0v) is 38.2. The van der Waals surface area contributed by atoms with Crippen LogP contribution in [0.3, 0.4) is 0 Å². The quantitative estimate of drug-likeness (QED) is 0.155. The van der Waals surface area contributed by atoms with Crippen molar-refractivity contribution in [2.45, 2.75) is 19.3 Å². The van der Waals surface area contributed by atoms with Crippen LogP contribution in [-0.4, -0.2) is 24.1 Å². The molecule has 0 amide bonds. The van der Waals surface area contributed by atoms with Crippen molar-refractivity contribution in [1.29, 1.82) is 0 Å². The molecule has 13 aromatic rings. The van der Waals surface area contributed by atoms with Gasteiger partial charge in [-0.2, -0.15) is 0 Å². The molecule has 0 saturated carbocycles. The second-order valence-corrected chi connectivity index (χ2v) is 18.3. The fraction of sp³-hybridized carbons (Fsp3) is 0.0469. The molecule has 71 heavy (non-hydrogen) atoms. The highest BCUT2D eigenvalue weighted by atomic mass is 16.3. The molecule has 7 nitrogen and oxygen atoms in total. The number of nitrogens with zero attached hydrogens (tertiary/aromatic N) is 5. The van der Waals surface area contributed by atoms with Crippen LogP contribution in [-0.2, 0) is 6.42 Å². The number of para-hydroxylation sites is 5. The minimum absolute atomic E-state index is 0.515. The van der Waals surface area contributed by atoms with Gasteiger partial charge in [-0.1, -0.05) is 151 Å². The summed E-state index contributed by atoms with van der Waals surface area (Å²) in [6.45, 7) is 0. The molecule has 0 fully saturated rings. The second-order valence-electron chi connectivity index (χ2n) is 18.3. The van der Waals surface area contributed by atoms with E-state index in [1.54, 1.807) is 0 Å². The Balaban J connectivity index is 1.04.